The smallest absolute Gasteiger partial charge is 0.254 e. The van der Waals surface area contributed by atoms with Gasteiger partial charge >= 0.3 is 0 Å². The molecule has 2 nitrogen and oxygen atoms in total. The molecule has 92 valence electrons. The SMILES string of the molecule is Cc1ccc(C(=O)N2CCCCC2C)c(C)c1. The highest BCUT2D eigenvalue weighted by Gasteiger charge is 2.24. The quantitative estimate of drug-likeness (QED) is 0.726. The summed E-state index contributed by atoms with van der Waals surface area (Å²) in [6, 6.07) is 6.46. The molecule has 0 radical (unpaired) electrons. The molecule has 1 aromatic carbocycles. The summed E-state index contributed by atoms with van der Waals surface area (Å²) in [4.78, 5) is 14.5. The second-order valence-corrected chi connectivity index (χ2v) is 5.16. The number of benzene rings is 1. The predicted octanol–water partition coefficient (Wildman–Crippen LogP) is 3.32. The third-order valence-corrected chi connectivity index (χ3v) is 3.68. The molecule has 1 amide bonds. The number of piperidine rings is 1. The summed E-state index contributed by atoms with van der Waals surface area (Å²) in [5.74, 6) is 0.203. The zero-order valence-electron chi connectivity index (χ0n) is 11.0. The molecule has 1 unspecified atom stereocenters. The lowest BCUT2D eigenvalue weighted by atomic mass is 10.00. The van der Waals surface area contributed by atoms with Crippen LogP contribution in [-0.2, 0) is 0 Å². The van der Waals surface area contributed by atoms with E-state index in [0.717, 1.165) is 30.5 Å². The van der Waals surface area contributed by atoms with Crippen molar-refractivity contribution in [3.8, 4) is 0 Å². The van der Waals surface area contributed by atoms with Crippen LogP contribution in [0, 0.1) is 13.8 Å². The lowest BCUT2D eigenvalue weighted by molar-refractivity contribution is 0.0635. The minimum absolute atomic E-state index is 0.203. The third-order valence-electron chi connectivity index (χ3n) is 3.68. The van der Waals surface area contributed by atoms with E-state index in [1.807, 2.05) is 24.0 Å². The molecular formula is C15H21NO. The zero-order chi connectivity index (χ0) is 12.4. The summed E-state index contributed by atoms with van der Waals surface area (Å²) in [6.45, 7) is 7.15. The Kier molecular flexibility index (Phi) is 3.51. The van der Waals surface area contributed by atoms with Gasteiger partial charge in [0.25, 0.3) is 5.91 Å². The molecule has 2 rings (SSSR count). The predicted molar refractivity (Wildman–Crippen MR) is 70.3 cm³/mol. The van der Waals surface area contributed by atoms with E-state index < -0.39 is 0 Å². The van der Waals surface area contributed by atoms with Gasteiger partial charge in [0.05, 0.1) is 0 Å². The third kappa shape index (κ3) is 2.51. The number of nitrogens with zero attached hydrogens (tertiary/aromatic N) is 1. The summed E-state index contributed by atoms with van der Waals surface area (Å²) in [5, 5.41) is 0. The van der Waals surface area contributed by atoms with Gasteiger partial charge < -0.3 is 4.90 Å². The molecule has 0 aliphatic carbocycles. The van der Waals surface area contributed by atoms with Gasteiger partial charge in [0.15, 0.2) is 0 Å². The minimum Gasteiger partial charge on any atom is -0.336 e. The van der Waals surface area contributed by atoms with Gasteiger partial charge in [-0.25, -0.2) is 0 Å². The van der Waals surface area contributed by atoms with E-state index in [4.69, 9.17) is 0 Å². The molecule has 1 aliphatic rings. The molecule has 1 aliphatic heterocycles. The van der Waals surface area contributed by atoms with E-state index >= 15 is 0 Å². The average molecular weight is 231 g/mol. The molecule has 0 saturated carbocycles. The van der Waals surface area contributed by atoms with E-state index in [2.05, 4.69) is 19.9 Å². The van der Waals surface area contributed by atoms with E-state index in [0.29, 0.717) is 6.04 Å². The van der Waals surface area contributed by atoms with Gasteiger partial charge in [-0.1, -0.05) is 17.7 Å². The molecule has 1 aromatic rings. The van der Waals surface area contributed by atoms with Crippen LogP contribution in [0.5, 0.6) is 0 Å². The Balaban J connectivity index is 2.24. The van der Waals surface area contributed by atoms with Crippen molar-refractivity contribution < 1.29 is 4.79 Å². The van der Waals surface area contributed by atoms with Gasteiger partial charge in [0.1, 0.15) is 0 Å². The second-order valence-electron chi connectivity index (χ2n) is 5.16. The standard InChI is InChI=1S/C15H21NO/c1-11-7-8-14(12(2)10-11)15(17)16-9-5-4-6-13(16)3/h7-8,10,13H,4-6,9H2,1-3H3. The first-order valence-electron chi connectivity index (χ1n) is 6.48. The molecule has 1 atom stereocenters. The molecule has 0 N–H and O–H groups in total. The van der Waals surface area contributed by atoms with Crippen LogP contribution in [0.2, 0.25) is 0 Å². The topological polar surface area (TPSA) is 20.3 Å². The largest absolute Gasteiger partial charge is 0.336 e. The molecule has 1 heterocycles. The van der Waals surface area contributed by atoms with Gasteiger partial charge in [-0.15, -0.1) is 0 Å². The Morgan fingerprint density at radius 2 is 2.06 bits per heavy atom. The monoisotopic (exact) mass is 231 g/mol. The molecule has 0 bridgehead atoms. The summed E-state index contributed by atoms with van der Waals surface area (Å²) in [7, 11) is 0. The Hall–Kier alpha value is -1.31. The van der Waals surface area contributed by atoms with Crippen molar-refractivity contribution in [2.45, 2.75) is 46.1 Å². The average Bonchev–Trinajstić information content (AvgIpc) is 2.29. The van der Waals surface area contributed by atoms with Crippen molar-refractivity contribution in [3.63, 3.8) is 0 Å². The van der Waals surface area contributed by atoms with Crippen molar-refractivity contribution in [2.24, 2.45) is 0 Å². The number of carbonyl (C=O) groups is 1. The number of hydrogen-bond acceptors (Lipinski definition) is 1. The Labute approximate surface area is 104 Å². The molecule has 0 aromatic heterocycles. The first kappa shape index (κ1) is 12.2. The maximum absolute atomic E-state index is 12.5. The van der Waals surface area contributed by atoms with Gasteiger partial charge in [0, 0.05) is 18.2 Å². The Morgan fingerprint density at radius 3 is 2.71 bits per heavy atom. The number of carbonyl (C=O) groups excluding carboxylic acids is 1. The van der Waals surface area contributed by atoms with Crippen LogP contribution in [0.25, 0.3) is 0 Å². The maximum atomic E-state index is 12.5. The van der Waals surface area contributed by atoms with Crippen molar-refractivity contribution in [1.82, 2.24) is 4.90 Å². The minimum atomic E-state index is 0.203. The first-order chi connectivity index (χ1) is 8.09. The van der Waals surface area contributed by atoms with Crippen molar-refractivity contribution in [3.05, 3.63) is 34.9 Å². The highest BCUT2D eigenvalue weighted by atomic mass is 16.2. The molecule has 1 saturated heterocycles. The Bertz CT molecular complexity index is 425. The van der Waals surface area contributed by atoms with Crippen molar-refractivity contribution >= 4 is 5.91 Å². The summed E-state index contributed by atoms with van der Waals surface area (Å²) < 4.78 is 0. The number of hydrogen-bond donors (Lipinski definition) is 0. The fraction of sp³-hybridized carbons (Fsp3) is 0.533. The highest BCUT2D eigenvalue weighted by molar-refractivity contribution is 5.96. The van der Waals surface area contributed by atoms with Gasteiger partial charge in [-0.05, 0) is 51.7 Å². The van der Waals surface area contributed by atoms with Gasteiger partial charge in [0.2, 0.25) is 0 Å². The Morgan fingerprint density at radius 1 is 1.29 bits per heavy atom. The molecular weight excluding hydrogens is 210 g/mol. The van der Waals surface area contributed by atoms with Crippen LogP contribution in [0.4, 0.5) is 0 Å². The second kappa shape index (κ2) is 4.91. The van der Waals surface area contributed by atoms with Crippen LogP contribution in [0.1, 0.15) is 47.7 Å². The maximum Gasteiger partial charge on any atom is 0.254 e. The lowest BCUT2D eigenvalue weighted by Crippen LogP contribution is -2.42. The van der Waals surface area contributed by atoms with E-state index in [-0.39, 0.29) is 5.91 Å². The summed E-state index contributed by atoms with van der Waals surface area (Å²) in [5.41, 5.74) is 3.17. The van der Waals surface area contributed by atoms with Crippen LogP contribution in [0.15, 0.2) is 18.2 Å². The zero-order valence-corrected chi connectivity index (χ0v) is 11.0. The number of amides is 1. The number of rotatable bonds is 1. The van der Waals surface area contributed by atoms with Crippen LogP contribution in [0.3, 0.4) is 0 Å². The normalized spacial score (nSPS) is 20.4. The van der Waals surface area contributed by atoms with Crippen LogP contribution < -0.4 is 0 Å². The van der Waals surface area contributed by atoms with Gasteiger partial charge in [-0.2, -0.15) is 0 Å². The van der Waals surface area contributed by atoms with Crippen LogP contribution >= 0.6 is 0 Å². The fourth-order valence-corrected chi connectivity index (χ4v) is 2.61. The lowest BCUT2D eigenvalue weighted by Gasteiger charge is -2.33. The van der Waals surface area contributed by atoms with E-state index in [1.54, 1.807) is 0 Å². The highest BCUT2D eigenvalue weighted by Crippen LogP contribution is 2.21. The fourth-order valence-electron chi connectivity index (χ4n) is 2.61. The molecule has 2 heteroatoms. The van der Waals surface area contributed by atoms with E-state index in [1.165, 1.54) is 12.0 Å². The van der Waals surface area contributed by atoms with Crippen molar-refractivity contribution in [2.75, 3.05) is 6.54 Å². The first-order valence-corrected chi connectivity index (χ1v) is 6.48. The molecule has 17 heavy (non-hydrogen) atoms. The molecule has 1 fully saturated rings. The summed E-state index contributed by atoms with van der Waals surface area (Å²) in [6.07, 6.45) is 3.52. The number of likely N-dealkylation sites (tertiary alicyclic amines) is 1. The molecule has 0 spiro atoms. The summed E-state index contributed by atoms with van der Waals surface area (Å²) >= 11 is 0. The number of aryl methyl sites for hydroxylation is 2. The van der Waals surface area contributed by atoms with Crippen LogP contribution in [-0.4, -0.2) is 23.4 Å². The van der Waals surface area contributed by atoms with E-state index in [9.17, 15) is 4.79 Å². The van der Waals surface area contributed by atoms with Crippen molar-refractivity contribution in [1.29, 1.82) is 0 Å². The van der Waals surface area contributed by atoms with Gasteiger partial charge in [-0.3, -0.25) is 4.79 Å².